The molecule has 0 aliphatic carbocycles. The normalized spacial score (nSPS) is 12.5. The molecule has 0 saturated carbocycles. The maximum absolute atomic E-state index is 12.4. The first-order valence-electron chi connectivity index (χ1n) is 7.00. The third-order valence-corrected chi connectivity index (χ3v) is 6.36. The first kappa shape index (κ1) is 17.0. The maximum Gasteiger partial charge on any atom is 0.190 e. The van der Waals surface area contributed by atoms with E-state index in [-0.39, 0.29) is 11.2 Å². The number of nitrogens with zero attached hydrogens (tertiary/aromatic N) is 3. The van der Waals surface area contributed by atoms with Gasteiger partial charge in [0.15, 0.2) is 15.0 Å². The summed E-state index contributed by atoms with van der Waals surface area (Å²) in [5.74, 6) is 0.537. The maximum atomic E-state index is 12.4. The molecule has 0 unspecified atom stereocenters. The van der Waals surface area contributed by atoms with Gasteiger partial charge in [-0.3, -0.25) is 0 Å². The van der Waals surface area contributed by atoms with Crippen LogP contribution in [0.15, 0.2) is 40.6 Å². The van der Waals surface area contributed by atoms with Crippen LogP contribution in [0.3, 0.4) is 0 Å². The molecule has 0 fully saturated rings. The SMILES string of the molecule is Cn1cnnc1SCCS(=O)(=O)c1ccc(C(C)(C)C)cc1. The predicted octanol–water partition coefficient (Wildman–Crippen LogP) is 2.68. The molecule has 0 aliphatic heterocycles. The molecule has 2 aromatic rings. The molecule has 0 bridgehead atoms. The molecule has 0 atom stereocenters. The van der Waals surface area contributed by atoms with E-state index in [4.69, 9.17) is 0 Å². The highest BCUT2D eigenvalue weighted by Crippen LogP contribution is 2.24. The van der Waals surface area contributed by atoms with Gasteiger partial charge in [-0.05, 0) is 23.1 Å². The quantitative estimate of drug-likeness (QED) is 0.784. The Morgan fingerprint density at radius 3 is 2.32 bits per heavy atom. The number of hydrogen-bond acceptors (Lipinski definition) is 5. The van der Waals surface area contributed by atoms with Gasteiger partial charge in [0.25, 0.3) is 0 Å². The second-order valence-corrected chi connectivity index (χ2v) is 9.34. The van der Waals surface area contributed by atoms with E-state index in [1.807, 2.05) is 19.2 Å². The molecule has 5 nitrogen and oxygen atoms in total. The van der Waals surface area contributed by atoms with E-state index < -0.39 is 9.84 Å². The molecular formula is C15H21N3O2S2. The van der Waals surface area contributed by atoms with Crippen molar-refractivity contribution in [3.05, 3.63) is 36.2 Å². The molecule has 120 valence electrons. The summed E-state index contributed by atoms with van der Waals surface area (Å²) in [6.07, 6.45) is 1.60. The Morgan fingerprint density at radius 1 is 1.18 bits per heavy atom. The van der Waals surface area contributed by atoms with Crippen molar-refractivity contribution in [3.8, 4) is 0 Å². The second kappa shape index (κ2) is 6.42. The van der Waals surface area contributed by atoms with Crippen molar-refractivity contribution in [1.82, 2.24) is 14.8 Å². The molecule has 0 aliphatic rings. The highest BCUT2D eigenvalue weighted by molar-refractivity contribution is 8.00. The zero-order valence-corrected chi connectivity index (χ0v) is 14.9. The lowest BCUT2D eigenvalue weighted by atomic mass is 9.87. The van der Waals surface area contributed by atoms with Gasteiger partial charge in [0.05, 0.1) is 10.6 Å². The Kier molecular flexibility index (Phi) is 4.97. The van der Waals surface area contributed by atoms with Gasteiger partial charge in [0.2, 0.25) is 0 Å². The van der Waals surface area contributed by atoms with Gasteiger partial charge in [-0.15, -0.1) is 10.2 Å². The van der Waals surface area contributed by atoms with Crippen LogP contribution in [0.1, 0.15) is 26.3 Å². The number of benzene rings is 1. The molecule has 0 spiro atoms. The number of sulfone groups is 1. The summed E-state index contributed by atoms with van der Waals surface area (Å²) in [4.78, 5) is 0.374. The fourth-order valence-electron chi connectivity index (χ4n) is 1.93. The monoisotopic (exact) mass is 339 g/mol. The van der Waals surface area contributed by atoms with Gasteiger partial charge in [-0.25, -0.2) is 8.42 Å². The van der Waals surface area contributed by atoms with Gasteiger partial charge in [0.1, 0.15) is 6.33 Å². The fourth-order valence-corrected chi connectivity index (χ4v) is 4.46. The summed E-state index contributed by atoms with van der Waals surface area (Å²) >= 11 is 1.39. The van der Waals surface area contributed by atoms with E-state index >= 15 is 0 Å². The molecule has 1 aromatic carbocycles. The lowest BCUT2D eigenvalue weighted by Crippen LogP contribution is -2.13. The molecule has 0 amide bonds. The summed E-state index contributed by atoms with van der Waals surface area (Å²) in [6, 6.07) is 7.18. The van der Waals surface area contributed by atoms with Crippen molar-refractivity contribution in [3.63, 3.8) is 0 Å². The van der Waals surface area contributed by atoms with E-state index in [0.29, 0.717) is 10.6 Å². The lowest BCUT2D eigenvalue weighted by Gasteiger charge is -2.19. The minimum atomic E-state index is -3.27. The number of rotatable bonds is 5. The summed E-state index contributed by atoms with van der Waals surface area (Å²) < 4.78 is 26.5. The topological polar surface area (TPSA) is 64.8 Å². The van der Waals surface area contributed by atoms with Gasteiger partial charge in [0, 0.05) is 12.8 Å². The van der Waals surface area contributed by atoms with Crippen LogP contribution in [0, 0.1) is 0 Å². The Balaban J connectivity index is 2.02. The summed E-state index contributed by atoms with van der Waals surface area (Å²) in [5, 5.41) is 8.42. The molecule has 7 heteroatoms. The van der Waals surface area contributed by atoms with Crippen LogP contribution in [0.25, 0.3) is 0 Å². The van der Waals surface area contributed by atoms with Gasteiger partial charge in [-0.2, -0.15) is 0 Å². The summed E-state index contributed by atoms with van der Waals surface area (Å²) in [5.41, 5.74) is 1.14. The van der Waals surface area contributed by atoms with Crippen LogP contribution in [-0.2, 0) is 22.3 Å². The fraction of sp³-hybridized carbons (Fsp3) is 0.467. The van der Waals surface area contributed by atoms with E-state index in [2.05, 4.69) is 31.0 Å². The highest BCUT2D eigenvalue weighted by atomic mass is 32.2. The zero-order valence-electron chi connectivity index (χ0n) is 13.3. The Bertz CT molecular complexity index is 729. The van der Waals surface area contributed by atoms with Crippen molar-refractivity contribution in [2.24, 2.45) is 7.05 Å². The summed E-state index contributed by atoms with van der Waals surface area (Å²) in [7, 11) is -1.43. The van der Waals surface area contributed by atoms with E-state index in [9.17, 15) is 8.42 Å². The molecule has 22 heavy (non-hydrogen) atoms. The number of aromatic nitrogens is 3. The molecular weight excluding hydrogens is 318 g/mol. The molecule has 0 radical (unpaired) electrons. The van der Waals surface area contributed by atoms with Crippen LogP contribution in [-0.4, -0.2) is 34.7 Å². The first-order chi connectivity index (χ1) is 10.2. The van der Waals surface area contributed by atoms with Crippen LogP contribution < -0.4 is 0 Å². The Morgan fingerprint density at radius 2 is 1.82 bits per heavy atom. The smallest absolute Gasteiger partial charge is 0.190 e. The van der Waals surface area contributed by atoms with Crippen molar-refractivity contribution in [2.75, 3.05) is 11.5 Å². The Labute approximate surface area is 136 Å². The van der Waals surface area contributed by atoms with E-state index in [0.717, 1.165) is 10.7 Å². The highest BCUT2D eigenvalue weighted by Gasteiger charge is 2.18. The zero-order chi connectivity index (χ0) is 16.4. The minimum absolute atomic E-state index is 0.0172. The minimum Gasteiger partial charge on any atom is -0.312 e. The van der Waals surface area contributed by atoms with Crippen molar-refractivity contribution < 1.29 is 8.42 Å². The Hall–Kier alpha value is -1.34. The van der Waals surface area contributed by atoms with Gasteiger partial charge >= 0.3 is 0 Å². The lowest BCUT2D eigenvalue weighted by molar-refractivity contribution is 0.586. The van der Waals surface area contributed by atoms with Crippen LogP contribution in [0.5, 0.6) is 0 Å². The van der Waals surface area contributed by atoms with Crippen molar-refractivity contribution >= 4 is 21.6 Å². The van der Waals surface area contributed by atoms with Gasteiger partial charge < -0.3 is 4.57 Å². The third kappa shape index (κ3) is 4.10. The number of hydrogen-bond donors (Lipinski definition) is 0. The van der Waals surface area contributed by atoms with Crippen molar-refractivity contribution in [1.29, 1.82) is 0 Å². The average Bonchev–Trinajstić information content (AvgIpc) is 2.83. The second-order valence-electron chi connectivity index (χ2n) is 6.17. The summed E-state index contributed by atoms with van der Waals surface area (Å²) in [6.45, 7) is 6.32. The van der Waals surface area contributed by atoms with E-state index in [1.165, 1.54) is 11.8 Å². The predicted molar refractivity (Wildman–Crippen MR) is 88.9 cm³/mol. The first-order valence-corrected chi connectivity index (χ1v) is 9.64. The van der Waals surface area contributed by atoms with Crippen LogP contribution in [0.2, 0.25) is 0 Å². The number of thioether (sulfide) groups is 1. The largest absolute Gasteiger partial charge is 0.312 e. The average molecular weight is 339 g/mol. The molecule has 2 rings (SSSR count). The molecule has 1 heterocycles. The van der Waals surface area contributed by atoms with Gasteiger partial charge in [-0.1, -0.05) is 44.7 Å². The molecule has 0 saturated heterocycles. The van der Waals surface area contributed by atoms with Crippen LogP contribution >= 0.6 is 11.8 Å². The third-order valence-electron chi connectivity index (χ3n) is 3.33. The van der Waals surface area contributed by atoms with Crippen molar-refractivity contribution in [2.45, 2.75) is 36.2 Å². The standard InChI is InChI=1S/C15H21N3O2S2/c1-15(2,3)12-5-7-13(8-6-12)22(19,20)10-9-21-14-17-16-11-18(14)4/h5-8,11H,9-10H2,1-4H3. The van der Waals surface area contributed by atoms with Crippen LogP contribution in [0.4, 0.5) is 0 Å². The van der Waals surface area contributed by atoms with E-state index in [1.54, 1.807) is 23.0 Å². The number of aryl methyl sites for hydroxylation is 1. The molecule has 0 N–H and O–H groups in total. The molecule has 1 aromatic heterocycles.